The van der Waals surface area contributed by atoms with Crippen LogP contribution < -0.4 is 0 Å². The summed E-state index contributed by atoms with van der Waals surface area (Å²) in [5.74, 6) is 1.59. The summed E-state index contributed by atoms with van der Waals surface area (Å²) in [6, 6.07) is 0. The van der Waals surface area contributed by atoms with Crippen molar-refractivity contribution in [1.82, 2.24) is 9.80 Å². The second-order valence-corrected chi connectivity index (χ2v) is 12.0. The average molecular weight is 267 g/mol. The largest absolute Gasteiger partial charge is 0.359 e. The van der Waals surface area contributed by atoms with Gasteiger partial charge in [-0.25, -0.2) is 0 Å². The first-order valence-corrected chi connectivity index (χ1v) is 11.4. The zero-order valence-corrected chi connectivity index (χ0v) is 13.5. The van der Waals surface area contributed by atoms with Crippen LogP contribution in [0.25, 0.3) is 0 Å². The van der Waals surface area contributed by atoms with Gasteiger partial charge in [0.25, 0.3) is 0 Å². The van der Waals surface area contributed by atoms with Gasteiger partial charge in [0, 0.05) is 26.2 Å². The first-order valence-electron chi connectivity index (χ1n) is 7.79. The number of piperidine rings is 2. The van der Waals surface area contributed by atoms with Gasteiger partial charge in [0.05, 0.1) is 13.9 Å². The number of likely N-dealkylation sites (tertiary alicyclic amines) is 2. The van der Waals surface area contributed by atoms with E-state index in [1.165, 1.54) is 64.7 Å². The van der Waals surface area contributed by atoms with Crippen LogP contribution in [0.1, 0.15) is 38.5 Å². The first kappa shape index (κ1) is 14.0. The predicted octanol–water partition coefficient (Wildman–Crippen LogP) is 3.68. The van der Waals surface area contributed by atoms with E-state index in [1.54, 1.807) is 5.82 Å². The Morgan fingerprint density at radius 1 is 0.722 bits per heavy atom. The van der Waals surface area contributed by atoms with Crippen LogP contribution in [0.2, 0.25) is 19.6 Å². The highest BCUT2D eigenvalue weighted by molar-refractivity contribution is 6.81. The van der Waals surface area contributed by atoms with Crippen LogP contribution in [0.3, 0.4) is 0 Å². The highest BCUT2D eigenvalue weighted by Gasteiger charge is 2.23. The van der Waals surface area contributed by atoms with Gasteiger partial charge in [-0.15, -0.1) is 0 Å². The van der Waals surface area contributed by atoms with E-state index in [4.69, 9.17) is 0 Å². The third-order valence-corrected chi connectivity index (χ3v) is 5.05. The second-order valence-electron chi connectivity index (χ2n) is 6.96. The van der Waals surface area contributed by atoms with Gasteiger partial charge in [0.15, 0.2) is 0 Å². The zero-order valence-electron chi connectivity index (χ0n) is 12.5. The zero-order chi connectivity index (χ0) is 13.0. The minimum Gasteiger partial charge on any atom is -0.359 e. The Bertz CT molecular complexity index is 261. The fourth-order valence-corrected chi connectivity index (χ4v) is 4.16. The molecule has 0 saturated carbocycles. The molecule has 0 aromatic heterocycles. The Hall–Kier alpha value is -0.443. The van der Waals surface area contributed by atoms with Gasteiger partial charge in [-0.05, 0) is 38.5 Å². The summed E-state index contributed by atoms with van der Waals surface area (Å²) in [6.45, 7) is 12.5. The van der Waals surface area contributed by atoms with Gasteiger partial charge in [-0.1, -0.05) is 25.3 Å². The molecular weight excluding hydrogens is 236 g/mol. The molecule has 0 aromatic carbocycles. The molecule has 0 aromatic rings. The van der Waals surface area contributed by atoms with E-state index in [-0.39, 0.29) is 0 Å². The molecule has 2 aliphatic rings. The fourth-order valence-electron chi connectivity index (χ4n) is 3.02. The number of hydrogen-bond acceptors (Lipinski definition) is 2. The van der Waals surface area contributed by atoms with Crippen molar-refractivity contribution < 1.29 is 0 Å². The molecule has 3 heteroatoms. The molecule has 2 aliphatic heterocycles. The predicted molar refractivity (Wildman–Crippen MR) is 82.3 cm³/mol. The highest BCUT2D eigenvalue weighted by Crippen LogP contribution is 2.23. The molecule has 2 saturated heterocycles. The smallest absolute Gasteiger partial charge is 0.0958 e. The molecule has 2 heterocycles. The van der Waals surface area contributed by atoms with Gasteiger partial charge in [-0.2, -0.15) is 0 Å². The maximum Gasteiger partial charge on any atom is 0.0958 e. The summed E-state index contributed by atoms with van der Waals surface area (Å²) in [6.07, 6.45) is 8.40. The van der Waals surface area contributed by atoms with Crippen LogP contribution in [-0.4, -0.2) is 44.1 Å². The van der Waals surface area contributed by atoms with E-state index in [2.05, 4.69) is 35.1 Å². The lowest BCUT2D eigenvalue weighted by Crippen LogP contribution is -2.42. The highest BCUT2D eigenvalue weighted by atomic mass is 28.3. The molecule has 2 rings (SSSR count). The van der Waals surface area contributed by atoms with E-state index >= 15 is 0 Å². The molecule has 2 fully saturated rings. The monoisotopic (exact) mass is 266 g/mol. The van der Waals surface area contributed by atoms with Gasteiger partial charge >= 0.3 is 0 Å². The average Bonchev–Trinajstić information content (AvgIpc) is 2.37. The third-order valence-electron chi connectivity index (χ3n) is 3.92. The van der Waals surface area contributed by atoms with Crippen LogP contribution in [-0.2, 0) is 0 Å². The van der Waals surface area contributed by atoms with Crippen LogP contribution in [0, 0.1) is 0 Å². The second kappa shape index (κ2) is 6.13. The molecule has 0 spiro atoms. The van der Waals surface area contributed by atoms with Gasteiger partial charge < -0.3 is 9.80 Å². The quantitative estimate of drug-likeness (QED) is 0.719. The van der Waals surface area contributed by atoms with E-state index in [9.17, 15) is 0 Å². The van der Waals surface area contributed by atoms with Crippen LogP contribution in [0.5, 0.6) is 0 Å². The van der Waals surface area contributed by atoms with Crippen LogP contribution in [0.15, 0.2) is 11.5 Å². The van der Waals surface area contributed by atoms with Gasteiger partial charge in [0.1, 0.15) is 0 Å². The maximum absolute atomic E-state index is 2.67. The van der Waals surface area contributed by atoms with E-state index in [0.29, 0.717) is 0 Å². The van der Waals surface area contributed by atoms with Crippen LogP contribution >= 0.6 is 0 Å². The maximum atomic E-state index is 2.67. The molecular formula is C15H30N2Si. The third kappa shape index (κ3) is 4.04. The number of rotatable bonds is 3. The minimum atomic E-state index is -1.13. The Morgan fingerprint density at radius 3 is 1.44 bits per heavy atom. The van der Waals surface area contributed by atoms with Crippen LogP contribution in [0.4, 0.5) is 0 Å². The standard InChI is InChI=1S/C15H30N2Si/c1-18(2,3)14-15(16-10-6-4-7-11-16)17-12-8-5-9-13-17/h14H,4-13H2,1-3H3. The van der Waals surface area contributed by atoms with Crippen molar-refractivity contribution in [3.63, 3.8) is 0 Å². The topological polar surface area (TPSA) is 6.48 Å². The minimum absolute atomic E-state index is 1.13. The van der Waals surface area contributed by atoms with E-state index in [1.807, 2.05) is 0 Å². The van der Waals surface area contributed by atoms with E-state index < -0.39 is 8.07 Å². The molecule has 18 heavy (non-hydrogen) atoms. The van der Waals surface area contributed by atoms with Crippen molar-refractivity contribution >= 4 is 8.07 Å². The van der Waals surface area contributed by atoms with Crippen molar-refractivity contribution in [2.75, 3.05) is 26.2 Å². The lowest BCUT2D eigenvalue weighted by atomic mass is 10.1. The van der Waals surface area contributed by atoms with Crippen molar-refractivity contribution in [2.24, 2.45) is 0 Å². The summed E-state index contributed by atoms with van der Waals surface area (Å²) in [4.78, 5) is 5.35. The van der Waals surface area contributed by atoms with Gasteiger partial charge in [0.2, 0.25) is 0 Å². The molecule has 0 unspecified atom stereocenters. The fraction of sp³-hybridized carbons (Fsp3) is 0.867. The normalized spacial score (nSPS) is 21.9. The molecule has 0 bridgehead atoms. The Labute approximate surface area is 114 Å². The molecule has 0 aliphatic carbocycles. The van der Waals surface area contributed by atoms with Gasteiger partial charge in [-0.3, -0.25) is 0 Å². The number of nitrogens with zero attached hydrogens (tertiary/aromatic N) is 2. The summed E-state index contributed by atoms with van der Waals surface area (Å²) in [5.41, 5.74) is 2.64. The molecule has 0 radical (unpaired) electrons. The summed E-state index contributed by atoms with van der Waals surface area (Å²) in [5, 5.41) is 0. The molecule has 2 nitrogen and oxygen atoms in total. The van der Waals surface area contributed by atoms with Crippen molar-refractivity contribution in [2.45, 2.75) is 58.2 Å². The SMILES string of the molecule is C[Si](C)(C)C=C(N1CCCCC1)N1CCCCC1. The Balaban J connectivity index is 2.13. The first-order chi connectivity index (χ1) is 8.56. The Morgan fingerprint density at radius 2 is 1.11 bits per heavy atom. The summed E-state index contributed by atoms with van der Waals surface area (Å²) >= 11 is 0. The molecule has 0 N–H and O–H groups in total. The molecule has 0 atom stereocenters. The lowest BCUT2D eigenvalue weighted by Gasteiger charge is -2.41. The Kier molecular flexibility index (Phi) is 4.76. The number of hydrogen-bond donors (Lipinski definition) is 0. The van der Waals surface area contributed by atoms with E-state index in [0.717, 1.165) is 0 Å². The summed E-state index contributed by atoms with van der Waals surface area (Å²) in [7, 11) is -1.13. The summed E-state index contributed by atoms with van der Waals surface area (Å²) < 4.78 is 0. The van der Waals surface area contributed by atoms with Crippen molar-refractivity contribution in [1.29, 1.82) is 0 Å². The lowest BCUT2D eigenvalue weighted by molar-refractivity contribution is 0.167. The molecule has 104 valence electrons. The molecule has 0 amide bonds. The van der Waals surface area contributed by atoms with Crippen molar-refractivity contribution in [3.8, 4) is 0 Å². The van der Waals surface area contributed by atoms with Crippen molar-refractivity contribution in [3.05, 3.63) is 11.5 Å².